The van der Waals surface area contributed by atoms with E-state index in [0.29, 0.717) is 25.3 Å². The minimum absolute atomic E-state index is 0.0447. The number of ether oxygens (including phenoxy) is 2. The molecule has 5 heteroatoms. The standard InChI is InChI=1S/C12H15NO4/c1-8-5-9(11(14)15)13-10(6-8)12(16-2)3-4-17-7-12/h5-6H,3-4,7H2,1-2H3,(H,14,15). The number of nitrogens with zero attached hydrogens (tertiary/aromatic N) is 1. The molecule has 2 rings (SSSR count). The summed E-state index contributed by atoms with van der Waals surface area (Å²) in [6.45, 7) is 2.86. The van der Waals surface area contributed by atoms with Gasteiger partial charge in [0.1, 0.15) is 11.3 Å². The van der Waals surface area contributed by atoms with Crippen LogP contribution in [0.2, 0.25) is 0 Å². The first-order chi connectivity index (χ1) is 8.07. The highest BCUT2D eigenvalue weighted by Crippen LogP contribution is 2.33. The largest absolute Gasteiger partial charge is 0.477 e. The fourth-order valence-corrected chi connectivity index (χ4v) is 2.02. The molecule has 1 aromatic heterocycles. The zero-order valence-electron chi connectivity index (χ0n) is 9.90. The fourth-order valence-electron chi connectivity index (χ4n) is 2.02. The second-order valence-electron chi connectivity index (χ2n) is 4.22. The van der Waals surface area contributed by atoms with Crippen LogP contribution in [-0.2, 0) is 15.1 Å². The number of carboxylic acids is 1. The molecule has 0 saturated carbocycles. The Morgan fingerprint density at radius 1 is 1.59 bits per heavy atom. The summed E-state index contributed by atoms with van der Waals surface area (Å²) < 4.78 is 10.8. The van der Waals surface area contributed by atoms with Gasteiger partial charge in [0.2, 0.25) is 0 Å². The highest BCUT2D eigenvalue weighted by molar-refractivity contribution is 5.85. The molecule has 1 saturated heterocycles. The quantitative estimate of drug-likeness (QED) is 0.859. The fraction of sp³-hybridized carbons (Fsp3) is 0.500. The molecule has 0 amide bonds. The van der Waals surface area contributed by atoms with E-state index in [1.54, 1.807) is 13.2 Å². The molecule has 0 radical (unpaired) electrons. The minimum atomic E-state index is -1.03. The molecule has 1 atom stereocenters. The predicted octanol–water partition coefficient (Wildman–Crippen LogP) is 1.35. The zero-order valence-corrected chi connectivity index (χ0v) is 9.90. The molecule has 1 fully saturated rings. The molecule has 0 spiro atoms. The van der Waals surface area contributed by atoms with E-state index in [4.69, 9.17) is 14.6 Å². The van der Waals surface area contributed by atoms with E-state index in [1.807, 2.05) is 13.0 Å². The molecule has 0 aliphatic carbocycles. The summed E-state index contributed by atoms with van der Waals surface area (Å²) in [7, 11) is 1.60. The Hall–Kier alpha value is -1.46. The second-order valence-corrected chi connectivity index (χ2v) is 4.22. The Balaban J connectivity index is 2.47. The van der Waals surface area contributed by atoms with Crippen LogP contribution in [0.5, 0.6) is 0 Å². The number of aryl methyl sites for hydroxylation is 1. The van der Waals surface area contributed by atoms with E-state index in [1.165, 1.54) is 0 Å². The van der Waals surface area contributed by atoms with Gasteiger partial charge in [-0.3, -0.25) is 0 Å². The van der Waals surface area contributed by atoms with E-state index in [9.17, 15) is 4.79 Å². The van der Waals surface area contributed by atoms with Crippen LogP contribution in [0.25, 0.3) is 0 Å². The van der Waals surface area contributed by atoms with Gasteiger partial charge in [-0.05, 0) is 24.6 Å². The van der Waals surface area contributed by atoms with E-state index in [-0.39, 0.29) is 5.69 Å². The number of pyridine rings is 1. The second kappa shape index (κ2) is 4.43. The number of aromatic nitrogens is 1. The van der Waals surface area contributed by atoms with Gasteiger partial charge in [0.25, 0.3) is 0 Å². The number of rotatable bonds is 3. The van der Waals surface area contributed by atoms with Crippen molar-refractivity contribution in [3.8, 4) is 0 Å². The third-order valence-electron chi connectivity index (χ3n) is 3.03. The van der Waals surface area contributed by atoms with Crippen LogP contribution in [-0.4, -0.2) is 36.4 Å². The number of carboxylic acid groups (broad SMARTS) is 1. The average molecular weight is 237 g/mol. The molecule has 1 aliphatic rings. The summed E-state index contributed by atoms with van der Waals surface area (Å²) in [6.07, 6.45) is 0.693. The van der Waals surface area contributed by atoms with Crippen LogP contribution >= 0.6 is 0 Å². The van der Waals surface area contributed by atoms with Gasteiger partial charge in [-0.1, -0.05) is 0 Å². The van der Waals surface area contributed by atoms with Gasteiger partial charge in [0.15, 0.2) is 0 Å². The first kappa shape index (κ1) is 12.0. The van der Waals surface area contributed by atoms with Crippen LogP contribution in [0.15, 0.2) is 12.1 Å². The Morgan fingerprint density at radius 2 is 2.35 bits per heavy atom. The van der Waals surface area contributed by atoms with Gasteiger partial charge in [-0.25, -0.2) is 9.78 Å². The zero-order chi connectivity index (χ0) is 12.5. The van der Waals surface area contributed by atoms with Gasteiger partial charge < -0.3 is 14.6 Å². The third kappa shape index (κ3) is 2.16. The maximum atomic E-state index is 11.0. The summed E-state index contributed by atoms with van der Waals surface area (Å²) in [5, 5.41) is 9.00. The maximum absolute atomic E-state index is 11.0. The number of methoxy groups -OCH3 is 1. The SMILES string of the molecule is COC1(c2cc(C)cc(C(=O)O)n2)CCOC1. The summed E-state index contributed by atoms with van der Waals surface area (Å²) in [4.78, 5) is 15.1. The topological polar surface area (TPSA) is 68.7 Å². The number of hydrogen-bond acceptors (Lipinski definition) is 4. The van der Waals surface area contributed by atoms with E-state index < -0.39 is 11.6 Å². The molecule has 1 N–H and O–H groups in total. The lowest BCUT2D eigenvalue weighted by molar-refractivity contribution is -0.0247. The van der Waals surface area contributed by atoms with Crippen molar-refractivity contribution < 1.29 is 19.4 Å². The van der Waals surface area contributed by atoms with Gasteiger partial charge in [-0.2, -0.15) is 0 Å². The van der Waals surface area contributed by atoms with E-state index in [0.717, 1.165) is 5.56 Å². The smallest absolute Gasteiger partial charge is 0.354 e. The first-order valence-corrected chi connectivity index (χ1v) is 5.43. The number of hydrogen-bond donors (Lipinski definition) is 1. The molecule has 2 heterocycles. The normalized spacial score (nSPS) is 23.9. The van der Waals surface area contributed by atoms with E-state index in [2.05, 4.69) is 4.98 Å². The molecular weight excluding hydrogens is 222 g/mol. The van der Waals surface area contributed by atoms with Crippen LogP contribution in [0, 0.1) is 6.92 Å². The first-order valence-electron chi connectivity index (χ1n) is 5.43. The molecule has 0 aromatic carbocycles. The summed E-state index contributed by atoms with van der Waals surface area (Å²) in [6, 6.07) is 3.40. The molecule has 17 heavy (non-hydrogen) atoms. The lowest BCUT2D eigenvalue weighted by Crippen LogP contribution is -2.30. The Labute approximate surface area is 99.4 Å². The van der Waals surface area contributed by atoms with Crippen LogP contribution in [0.1, 0.15) is 28.2 Å². The highest BCUT2D eigenvalue weighted by atomic mass is 16.5. The Kier molecular flexibility index (Phi) is 3.13. The molecule has 92 valence electrons. The van der Waals surface area contributed by atoms with Gasteiger partial charge in [-0.15, -0.1) is 0 Å². The average Bonchev–Trinajstić information content (AvgIpc) is 2.78. The van der Waals surface area contributed by atoms with Crippen molar-refractivity contribution in [2.24, 2.45) is 0 Å². The van der Waals surface area contributed by atoms with Crippen molar-refractivity contribution >= 4 is 5.97 Å². The summed E-state index contributed by atoms with van der Waals surface area (Å²) >= 11 is 0. The Morgan fingerprint density at radius 3 is 2.88 bits per heavy atom. The lowest BCUT2D eigenvalue weighted by Gasteiger charge is -2.25. The lowest BCUT2D eigenvalue weighted by atomic mass is 9.96. The van der Waals surface area contributed by atoms with Crippen molar-refractivity contribution in [3.05, 3.63) is 29.1 Å². The van der Waals surface area contributed by atoms with Gasteiger partial charge in [0, 0.05) is 20.1 Å². The van der Waals surface area contributed by atoms with Crippen LogP contribution in [0.4, 0.5) is 0 Å². The summed E-state index contributed by atoms with van der Waals surface area (Å²) in [5.74, 6) is -1.03. The van der Waals surface area contributed by atoms with Crippen molar-refractivity contribution in [1.82, 2.24) is 4.98 Å². The van der Waals surface area contributed by atoms with Crippen LogP contribution in [0.3, 0.4) is 0 Å². The van der Waals surface area contributed by atoms with Crippen molar-refractivity contribution in [3.63, 3.8) is 0 Å². The van der Waals surface area contributed by atoms with E-state index >= 15 is 0 Å². The van der Waals surface area contributed by atoms with Crippen molar-refractivity contribution in [2.45, 2.75) is 18.9 Å². The number of carbonyl (C=O) groups is 1. The van der Waals surface area contributed by atoms with Crippen molar-refractivity contribution in [1.29, 1.82) is 0 Å². The van der Waals surface area contributed by atoms with Crippen LogP contribution < -0.4 is 0 Å². The number of aromatic carboxylic acids is 1. The molecule has 5 nitrogen and oxygen atoms in total. The molecule has 1 unspecified atom stereocenters. The molecular formula is C12H15NO4. The minimum Gasteiger partial charge on any atom is -0.477 e. The Bertz CT molecular complexity index is 438. The third-order valence-corrected chi connectivity index (χ3v) is 3.03. The summed E-state index contributed by atoms with van der Waals surface area (Å²) in [5.41, 5.74) is 0.935. The molecule has 0 bridgehead atoms. The van der Waals surface area contributed by atoms with Gasteiger partial charge in [0.05, 0.1) is 12.3 Å². The molecule has 1 aromatic rings. The molecule has 1 aliphatic heterocycles. The predicted molar refractivity (Wildman–Crippen MR) is 60.1 cm³/mol. The maximum Gasteiger partial charge on any atom is 0.354 e. The van der Waals surface area contributed by atoms with Gasteiger partial charge >= 0.3 is 5.97 Å². The van der Waals surface area contributed by atoms with Crippen molar-refractivity contribution in [2.75, 3.05) is 20.3 Å². The highest BCUT2D eigenvalue weighted by Gasteiger charge is 2.38. The monoisotopic (exact) mass is 237 g/mol.